The van der Waals surface area contributed by atoms with Gasteiger partial charge >= 0.3 is 0 Å². The average molecular weight is 510 g/mol. The van der Waals surface area contributed by atoms with Crippen molar-refractivity contribution in [1.82, 2.24) is 5.43 Å². The number of carbonyl (C=O) groups is 1. The van der Waals surface area contributed by atoms with E-state index in [9.17, 15) is 13.2 Å². The van der Waals surface area contributed by atoms with Gasteiger partial charge in [0, 0.05) is 12.6 Å². The SMILES string of the molecule is CCCOc1ccc(/C=N\NC(=O)c2ccc(N(C)S(=O)(=O)c3ccc(C)cc3)cc2)cc1OCC. The van der Waals surface area contributed by atoms with Crippen molar-refractivity contribution < 1.29 is 22.7 Å². The number of benzene rings is 3. The first kappa shape index (κ1) is 26.7. The Balaban J connectivity index is 1.65. The zero-order valence-corrected chi connectivity index (χ0v) is 21.7. The number of nitrogens with zero attached hydrogens (tertiary/aromatic N) is 2. The number of hydrazone groups is 1. The first-order valence-corrected chi connectivity index (χ1v) is 13.1. The molecule has 0 aliphatic rings. The molecular weight excluding hydrogens is 478 g/mol. The van der Waals surface area contributed by atoms with Crippen LogP contribution in [0.5, 0.6) is 11.5 Å². The lowest BCUT2D eigenvalue weighted by Gasteiger charge is -2.19. The highest BCUT2D eigenvalue weighted by atomic mass is 32.2. The van der Waals surface area contributed by atoms with E-state index in [-0.39, 0.29) is 4.90 Å². The molecule has 1 amide bonds. The van der Waals surface area contributed by atoms with Crippen molar-refractivity contribution >= 4 is 27.8 Å². The summed E-state index contributed by atoms with van der Waals surface area (Å²) < 4.78 is 38.3. The van der Waals surface area contributed by atoms with Crippen LogP contribution in [0.1, 0.15) is 41.8 Å². The molecule has 9 heteroatoms. The van der Waals surface area contributed by atoms with Crippen molar-refractivity contribution in [3.63, 3.8) is 0 Å². The molecule has 0 aromatic heterocycles. The van der Waals surface area contributed by atoms with E-state index in [4.69, 9.17) is 9.47 Å². The number of ether oxygens (including phenoxy) is 2. The Kier molecular flexibility index (Phi) is 9.08. The van der Waals surface area contributed by atoms with E-state index in [0.29, 0.717) is 36.0 Å². The Labute approximate surface area is 212 Å². The predicted octanol–water partition coefficient (Wildman–Crippen LogP) is 4.77. The molecule has 0 fully saturated rings. The van der Waals surface area contributed by atoms with Gasteiger partial charge in [0.1, 0.15) is 0 Å². The van der Waals surface area contributed by atoms with Gasteiger partial charge in [-0.1, -0.05) is 24.6 Å². The monoisotopic (exact) mass is 509 g/mol. The van der Waals surface area contributed by atoms with E-state index >= 15 is 0 Å². The molecule has 36 heavy (non-hydrogen) atoms. The third-order valence-electron chi connectivity index (χ3n) is 5.28. The van der Waals surface area contributed by atoms with Gasteiger partial charge in [-0.25, -0.2) is 13.8 Å². The molecule has 1 N–H and O–H groups in total. The average Bonchev–Trinajstić information content (AvgIpc) is 2.88. The lowest BCUT2D eigenvalue weighted by Crippen LogP contribution is -2.26. The van der Waals surface area contributed by atoms with E-state index in [1.807, 2.05) is 32.9 Å². The van der Waals surface area contributed by atoms with Gasteiger partial charge < -0.3 is 9.47 Å². The summed E-state index contributed by atoms with van der Waals surface area (Å²) in [6.07, 6.45) is 2.40. The number of nitrogens with one attached hydrogen (secondary N) is 1. The Bertz CT molecular complexity index is 1300. The van der Waals surface area contributed by atoms with E-state index < -0.39 is 15.9 Å². The molecule has 0 saturated carbocycles. The molecule has 0 saturated heterocycles. The van der Waals surface area contributed by atoms with Crippen molar-refractivity contribution in [2.24, 2.45) is 5.10 Å². The minimum Gasteiger partial charge on any atom is -0.490 e. The fourth-order valence-corrected chi connectivity index (χ4v) is 4.46. The molecule has 190 valence electrons. The number of carbonyl (C=O) groups excluding carboxylic acids is 1. The summed E-state index contributed by atoms with van der Waals surface area (Å²) in [5.41, 5.74) is 4.97. The number of aryl methyl sites for hydroxylation is 1. The maximum atomic E-state index is 12.9. The minimum atomic E-state index is -3.71. The second-order valence-corrected chi connectivity index (χ2v) is 9.99. The second kappa shape index (κ2) is 12.2. The third-order valence-corrected chi connectivity index (χ3v) is 7.08. The molecule has 0 unspecified atom stereocenters. The molecule has 0 radical (unpaired) electrons. The summed E-state index contributed by atoms with van der Waals surface area (Å²) in [6, 6.07) is 18.3. The van der Waals surface area contributed by atoms with E-state index in [1.54, 1.807) is 54.6 Å². The van der Waals surface area contributed by atoms with Crippen LogP contribution in [-0.2, 0) is 10.0 Å². The fraction of sp³-hybridized carbons (Fsp3) is 0.259. The third kappa shape index (κ3) is 6.63. The number of rotatable bonds is 11. The van der Waals surface area contributed by atoms with E-state index in [0.717, 1.165) is 17.5 Å². The fourth-order valence-electron chi connectivity index (χ4n) is 3.26. The Morgan fingerprint density at radius 3 is 2.31 bits per heavy atom. The molecule has 3 aromatic carbocycles. The van der Waals surface area contributed by atoms with Gasteiger partial charge in [0.25, 0.3) is 15.9 Å². The minimum absolute atomic E-state index is 0.198. The van der Waals surface area contributed by atoms with Crippen LogP contribution >= 0.6 is 0 Å². The van der Waals surface area contributed by atoms with Gasteiger partial charge in [0.05, 0.1) is 30.0 Å². The van der Waals surface area contributed by atoms with Crippen molar-refractivity contribution in [3.05, 3.63) is 83.4 Å². The van der Waals surface area contributed by atoms with Crippen LogP contribution in [0.4, 0.5) is 5.69 Å². The highest BCUT2D eigenvalue weighted by molar-refractivity contribution is 7.92. The van der Waals surface area contributed by atoms with Gasteiger partial charge in [0.15, 0.2) is 11.5 Å². The molecule has 0 spiro atoms. The highest BCUT2D eigenvalue weighted by Crippen LogP contribution is 2.28. The van der Waals surface area contributed by atoms with Crippen LogP contribution in [-0.4, -0.2) is 40.8 Å². The number of sulfonamides is 1. The van der Waals surface area contributed by atoms with Crippen LogP contribution in [0.2, 0.25) is 0 Å². The quantitative estimate of drug-likeness (QED) is 0.297. The molecule has 8 nitrogen and oxygen atoms in total. The summed E-state index contributed by atoms with van der Waals surface area (Å²) in [7, 11) is -2.24. The van der Waals surface area contributed by atoms with Crippen LogP contribution < -0.4 is 19.2 Å². The standard InChI is InChI=1S/C27H31N3O5S/c1-5-17-35-25-16-9-21(18-26(25)34-6-2)19-28-29-27(31)22-10-12-23(13-11-22)30(4)36(32,33)24-14-7-20(3)8-15-24/h7-16,18-19H,5-6,17H2,1-4H3,(H,29,31)/b28-19-. The maximum Gasteiger partial charge on any atom is 0.271 e. The lowest BCUT2D eigenvalue weighted by atomic mass is 10.2. The number of hydrogen-bond donors (Lipinski definition) is 1. The van der Waals surface area contributed by atoms with Crippen LogP contribution in [0.25, 0.3) is 0 Å². The molecule has 0 heterocycles. The van der Waals surface area contributed by atoms with Crippen LogP contribution in [0.15, 0.2) is 76.7 Å². The Morgan fingerprint density at radius 2 is 1.67 bits per heavy atom. The van der Waals surface area contributed by atoms with Gasteiger partial charge in [-0.15, -0.1) is 0 Å². The molecular formula is C27H31N3O5S. The second-order valence-electron chi connectivity index (χ2n) is 8.02. The van der Waals surface area contributed by atoms with E-state index in [2.05, 4.69) is 10.5 Å². The first-order valence-electron chi connectivity index (χ1n) is 11.6. The molecule has 3 aromatic rings. The molecule has 0 aliphatic carbocycles. The molecule has 3 rings (SSSR count). The lowest BCUT2D eigenvalue weighted by molar-refractivity contribution is 0.0955. The highest BCUT2D eigenvalue weighted by Gasteiger charge is 2.21. The van der Waals surface area contributed by atoms with Crippen molar-refractivity contribution in [2.75, 3.05) is 24.6 Å². The summed E-state index contributed by atoms with van der Waals surface area (Å²) in [5.74, 6) is 0.852. The summed E-state index contributed by atoms with van der Waals surface area (Å²) in [5, 5.41) is 4.03. The maximum absolute atomic E-state index is 12.9. The van der Waals surface area contributed by atoms with Crippen LogP contribution in [0, 0.1) is 6.92 Å². The van der Waals surface area contributed by atoms with Gasteiger partial charge in [-0.05, 0) is 80.4 Å². The normalized spacial score (nSPS) is 11.3. The number of hydrogen-bond acceptors (Lipinski definition) is 6. The zero-order valence-electron chi connectivity index (χ0n) is 20.9. The van der Waals surface area contributed by atoms with Crippen molar-refractivity contribution in [2.45, 2.75) is 32.1 Å². The first-order chi connectivity index (χ1) is 17.3. The largest absolute Gasteiger partial charge is 0.490 e. The summed E-state index contributed by atoms with van der Waals surface area (Å²) in [6.45, 7) is 6.91. The van der Waals surface area contributed by atoms with Crippen LogP contribution in [0.3, 0.4) is 0 Å². The summed E-state index contributed by atoms with van der Waals surface area (Å²) in [4.78, 5) is 12.7. The van der Waals surface area contributed by atoms with Gasteiger partial charge in [-0.3, -0.25) is 9.10 Å². The predicted molar refractivity (Wildman–Crippen MR) is 142 cm³/mol. The molecule has 0 aliphatic heterocycles. The zero-order chi connectivity index (χ0) is 26.1. The van der Waals surface area contributed by atoms with Crippen molar-refractivity contribution in [1.29, 1.82) is 0 Å². The van der Waals surface area contributed by atoms with Gasteiger partial charge in [0.2, 0.25) is 0 Å². The molecule has 0 atom stereocenters. The smallest absolute Gasteiger partial charge is 0.271 e. The summed E-state index contributed by atoms with van der Waals surface area (Å²) >= 11 is 0. The topological polar surface area (TPSA) is 97.3 Å². The number of anilines is 1. The molecule has 0 bridgehead atoms. The van der Waals surface area contributed by atoms with Crippen molar-refractivity contribution in [3.8, 4) is 11.5 Å². The van der Waals surface area contributed by atoms with E-state index in [1.165, 1.54) is 17.6 Å². The number of amides is 1. The Morgan fingerprint density at radius 1 is 0.972 bits per heavy atom. The van der Waals surface area contributed by atoms with Gasteiger partial charge in [-0.2, -0.15) is 5.10 Å². The Hall–Kier alpha value is -3.85.